The molecule has 36 heavy (non-hydrogen) atoms. The third-order valence-corrected chi connectivity index (χ3v) is 7.98. The molecule has 0 saturated carbocycles. The summed E-state index contributed by atoms with van der Waals surface area (Å²) in [5.41, 5.74) is 2.00. The van der Waals surface area contributed by atoms with Crippen molar-refractivity contribution in [3.05, 3.63) is 95.0 Å². The van der Waals surface area contributed by atoms with Gasteiger partial charge in [0.05, 0.1) is 17.7 Å². The molecule has 0 aromatic heterocycles. The standard InChI is InChI=1S/C30H30ClN3O2/c31-24-11-9-21(10-12-24)18-32-13-15-33(16-14-32)27-19-34(20-28(27)35)30(36)29-25-7-3-1-5-22(25)17-23-6-2-4-8-26(23)29/h1-12,17,27-28,35H,13-16,18-20H2. The van der Waals surface area contributed by atoms with Crippen molar-refractivity contribution in [3.8, 4) is 0 Å². The first kappa shape index (κ1) is 23.4. The number of fused-ring (bicyclic) bond motifs is 2. The van der Waals surface area contributed by atoms with Crippen LogP contribution in [0.2, 0.25) is 5.02 Å². The minimum absolute atomic E-state index is 0.00549. The molecule has 2 unspecified atom stereocenters. The topological polar surface area (TPSA) is 47.0 Å². The molecule has 2 fully saturated rings. The zero-order valence-corrected chi connectivity index (χ0v) is 20.9. The zero-order chi connectivity index (χ0) is 24.6. The molecular formula is C30H30ClN3O2. The number of nitrogens with zero attached hydrogens (tertiary/aromatic N) is 3. The monoisotopic (exact) mass is 499 g/mol. The summed E-state index contributed by atoms with van der Waals surface area (Å²) in [7, 11) is 0. The largest absolute Gasteiger partial charge is 0.390 e. The third kappa shape index (κ3) is 4.48. The molecule has 2 aliphatic rings. The first-order valence-electron chi connectivity index (χ1n) is 12.7. The number of benzene rings is 4. The molecule has 0 aliphatic carbocycles. The number of rotatable bonds is 4. The van der Waals surface area contributed by atoms with Gasteiger partial charge in [-0.3, -0.25) is 14.6 Å². The highest BCUT2D eigenvalue weighted by Gasteiger charge is 2.39. The molecule has 0 bridgehead atoms. The Bertz CT molecular complexity index is 1340. The molecule has 1 N–H and O–H groups in total. The van der Waals surface area contributed by atoms with Crippen LogP contribution in [0.5, 0.6) is 0 Å². The summed E-state index contributed by atoms with van der Waals surface area (Å²) in [4.78, 5) is 20.6. The normalized spacial score (nSPS) is 21.4. The Morgan fingerprint density at radius 1 is 0.833 bits per heavy atom. The van der Waals surface area contributed by atoms with E-state index in [0.717, 1.165) is 64.9 Å². The molecule has 0 radical (unpaired) electrons. The van der Waals surface area contributed by atoms with Gasteiger partial charge >= 0.3 is 0 Å². The van der Waals surface area contributed by atoms with Crippen LogP contribution in [-0.2, 0) is 6.54 Å². The van der Waals surface area contributed by atoms with Crippen molar-refractivity contribution < 1.29 is 9.90 Å². The first-order valence-corrected chi connectivity index (χ1v) is 13.0. The molecule has 2 saturated heterocycles. The van der Waals surface area contributed by atoms with E-state index >= 15 is 0 Å². The van der Waals surface area contributed by atoms with Crippen LogP contribution in [0.25, 0.3) is 21.5 Å². The quantitative estimate of drug-likeness (QED) is 0.415. The van der Waals surface area contributed by atoms with Crippen LogP contribution in [0.4, 0.5) is 0 Å². The Labute approximate surface area is 216 Å². The molecule has 2 aliphatic heterocycles. The van der Waals surface area contributed by atoms with E-state index in [1.807, 2.05) is 53.4 Å². The van der Waals surface area contributed by atoms with E-state index in [9.17, 15) is 9.90 Å². The second-order valence-electron chi connectivity index (χ2n) is 9.98. The van der Waals surface area contributed by atoms with E-state index in [0.29, 0.717) is 13.1 Å². The van der Waals surface area contributed by atoms with Gasteiger partial charge in [0.15, 0.2) is 0 Å². The fourth-order valence-electron chi connectivity index (χ4n) is 5.80. The number of aliphatic hydroxyl groups is 1. The van der Waals surface area contributed by atoms with E-state index in [1.165, 1.54) is 5.56 Å². The zero-order valence-electron chi connectivity index (χ0n) is 20.2. The van der Waals surface area contributed by atoms with Crippen LogP contribution in [0.15, 0.2) is 78.9 Å². The summed E-state index contributed by atoms with van der Waals surface area (Å²) in [5.74, 6) is 0.00549. The SMILES string of the molecule is O=C(c1c2ccccc2cc2ccccc12)N1CC(O)C(N2CCN(Cc3ccc(Cl)cc3)CC2)C1. The second-order valence-corrected chi connectivity index (χ2v) is 10.4. The number of amides is 1. The average Bonchev–Trinajstić information content (AvgIpc) is 3.30. The molecular weight excluding hydrogens is 470 g/mol. The van der Waals surface area contributed by atoms with Crippen LogP contribution >= 0.6 is 11.6 Å². The smallest absolute Gasteiger partial charge is 0.255 e. The highest BCUT2D eigenvalue weighted by atomic mass is 35.5. The Hall–Kier alpha value is -2.96. The lowest BCUT2D eigenvalue weighted by atomic mass is 9.96. The average molecular weight is 500 g/mol. The first-order chi connectivity index (χ1) is 17.6. The van der Waals surface area contributed by atoms with Gasteiger partial charge in [0.1, 0.15) is 0 Å². The molecule has 4 aromatic carbocycles. The predicted molar refractivity (Wildman–Crippen MR) is 145 cm³/mol. The highest BCUT2D eigenvalue weighted by Crippen LogP contribution is 2.31. The highest BCUT2D eigenvalue weighted by molar-refractivity contribution is 6.30. The van der Waals surface area contributed by atoms with Crippen LogP contribution in [0.3, 0.4) is 0 Å². The van der Waals surface area contributed by atoms with Gasteiger partial charge in [-0.2, -0.15) is 0 Å². The minimum Gasteiger partial charge on any atom is -0.390 e. The summed E-state index contributed by atoms with van der Waals surface area (Å²) in [5, 5.41) is 15.8. The second kappa shape index (κ2) is 9.83. The van der Waals surface area contributed by atoms with Crippen molar-refractivity contribution in [2.24, 2.45) is 0 Å². The van der Waals surface area contributed by atoms with E-state index in [4.69, 9.17) is 11.6 Å². The fourth-order valence-corrected chi connectivity index (χ4v) is 5.92. The van der Waals surface area contributed by atoms with Gasteiger partial charge in [-0.15, -0.1) is 0 Å². The fraction of sp³-hybridized carbons (Fsp3) is 0.300. The van der Waals surface area contributed by atoms with Crippen LogP contribution in [0.1, 0.15) is 15.9 Å². The lowest BCUT2D eigenvalue weighted by Gasteiger charge is -2.38. The van der Waals surface area contributed by atoms with Crippen LogP contribution in [-0.4, -0.2) is 77.1 Å². The summed E-state index contributed by atoms with van der Waals surface area (Å²) >= 11 is 6.02. The van der Waals surface area contributed by atoms with Crippen molar-refractivity contribution in [2.45, 2.75) is 18.7 Å². The van der Waals surface area contributed by atoms with Gasteiger partial charge < -0.3 is 10.0 Å². The van der Waals surface area contributed by atoms with Gasteiger partial charge in [-0.1, -0.05) is 72.3 Å². The molecule has 2 heterocycles. The molecule has 4 aromatic rings. The number of likely N-dealkylation sites (tertiary alicyclic amines) is 1. The number of hydrogen-bond acceptors (Lipinski definition) is 4. The molecule has 1 amide bonds. The molecule has 2 atom stereocenters. The number of carbonyl (C=O) groups excluding carboxylic acids is 1. The number of piperazine rings is 1. The maximum atomic E-state index is 13.9. The summed E-state index contributed by atoms with van der Waals surface area (Å²) in [6, 6.07) is 26.3. The summed E-state index contributed by atoms with van der Waals surface area (Å²) < 4.78 is 0. The van der Waals surface area contributed by atoms with E-state index in [1.54, 1.807) is 0 Å². The van der Waals surface area contributed by atoms with Gasteiger partial charge in [-0.05, 0) is 45.3 Å². The molecule has 184 valence electrons. The van der Waals surface area contributed by atoms with Crippen molar-refractivity contribution in [1.82, 2.24) is 14.7 Å². The third-order valence-electron chi connectivity index (χ3n) is 7.73. The molecule has 6 rings (SSSR count). The minimum atomic E-state index is -0.544. The predicted octanol–water partition coefficient (Wildman–Crippen LogP) is 4.65. The van der Waals surface area contributed by atoms with Crippen molar-refractivity contribution in [2.75, 3.05) is 39.3 Å². The van der Waals surface area contributed by atoms with Crippen LogP contribution in [0, 0.1) is 0 Å². The molecule has 6 heteroatoms. The van der Waals surface area contributed by atoms with E-state index in [2.05, 4.69) is 40.1 Å². The van der Waals surface area contributed by atoms with Crippen molar-refractivity contribution >= 4 is 39.1 Å². The number of carbonyl (C=O) groups is 1. The lowest BCUT2D eigenvalue weighted by Crippen LogP contribution is -2.53. The molecule has 0 spiro atoms. The number of aliphatic hydroxyl groups excluding tert-OH is 1. The van der Waals surface area contributed by atoms with Crippen molar-refractivity contribution in [1.29, 1.82) is 0 Å². The van der Waals surface area contributed by atoms with Gasteiger partial charge in [0, 0.05) is 50.8 Å². The number of hydrogen-bond donors (Lipinski definition) is 1. The van der Waals surface area contributed by atoms with E-state index in [-0.39, 0.29) is 11.9 Å². The van der Waals surface area contributed by atoms with Gasteiger partial charge in [-0.25, -0.2) is 0 Å². The maximum Gasteiger partial charge on any atom is 0.255 e. The van der Waals surface area contributed by atoms with E-state index < -0.39 is 6.10 Å². The summed E-state index contributed by atoms with van der Waals surface area (Å²) in [6.45, 7) is 5.46. The Balaban J connectivity index is 1.17. The number of halogens is 1. The number of β-amino-alcohol motifs (C(OH)–C–C–N with tert-alkyl or cyclic N) is 1. The van der Waals surface area contributed by atoms with Crippen LogP contribution < -0.4 is 0 Å². The van der Waals surface area contributed by atoms with Crippen molar-refractivity contribution in [3.63, 3.8) is 0 Å². The Morgan fingerprint density at radius 2 is 1.44 bits per heavy atom. The van der Waals surface area contributed by atoms with Gasteiger partial charge in [0.2, 0.25) is 0 Å². The lowest BCUT2D eigenvalue weighted by molar-refractivity contribution is 0.0423. The summed E-state index contributed by atoms with van der Waals surface area (Å²) in [6.07, 6.45) is -0.544. The maximum absolute atomic E-state index is 13.9. The molecule has 5 nitrogen and oxygen atoms in total. The Morgan fingerprint density at radius 3 is 2.08 bits per heavy atom. The Kier molecular flexibility index (Phi) is 6.40. The van der Waals surface area contributed by atoms with Gasteiger partial charge in [0.25, 0.3) is 5.91 Å².